The minimum absolute atomic E-state index is 0.0330. The number of carbonyl (C=O) groups is 1. The van der Waals surface area contributed by atoms with Gasteiger partial charge >= 0.3 is 0 Å². The van der Waals surface area contributed by atoms with Gasteiger partial charge in [0.1, 0.15) is 5.69 Å². The molecule has 0 aliphatic rings. The van der Waals surface area contributed by atoms with Crippen LogP contribution in [0.1, 0.15) is 29.9 Å². The van der Waals surface area contributed by atoms with E-state index in [1.807, 2.05) is 13.8 Å². The Morgan fingerprint density at radius 2 is 2.24 bits per heavy atom. The minimum Gasteiger partial charge on any atom is -0.395 e. The maximum atomic E-state index is 12.1. The van der Waals surface area contributed by atoms with Gasteiger partial charge in [-0.1, -0.05) is 6.07 Å². The van der Waals surface area contributed by atoms with Gasteiger partial charge in [-0.3, -0.25) is 9.78 Å². The standard InChI is InChI=1S/C12H19N3O2/c1-9(2)15(5-6-16)12(17)11-4-3-10(7-13)8-14-11/h3-4,8-9,16H,5-7,13H2,1-2H3. The maximum absolute atomic E-state index is 12.1. The SMILES string of the molecule is CC(C)N(CCO)C(=O)c1ccc(CN)cn1. The first-order valence-electron chi connectivity index (χ1n) is 5.67. The second-order valence-electron chi connectivity index (χ2n) is 4.07. The Labute approximate surface area is 101 Å². The molecule has 0 unspecified atom stereocenters. The van der Waals surface area contributed by atoms with Crippen LogP contribution >= 0.6 is 0 Å². The smallest absolute Gasteiger partial charge is 0.272 e. The number of pyridine rings is 1. The molecule has 1 amide bonds. The van der Waals surface area contributed by atoms with Gasteiger partial charge in [-0.15, -0.1) is 0 Å². The van der Waals surface area contributed by atoms with Crippen LogP contribution in [0.5, 0.6) is 0 Å². The number of hydrogen-bond donors (Lipinski definition) is 2. The van der Waals surface area contributed by atoms with Gasteiger partial charge < -0.3 is 15.7 Å². The van der Waals surface area contributed by atoms with Crippen LogP contribution in [-0.2, 0) is 6.54 Å². The average molecular weight is 237 g/mol. The van der Waals surface area contributed by atoms with Crippen LogP contribution in [0, 0.1) is 0 Å². The highest BCUT2D eigenvalue weighted by atomic mass is 16.3. The number of hydrogen-bond acceptors (Lipinski definition) is 4. The number of amides is 1. The summed E-state index contributed by atoms with van der Waals surface area (Å²) in [5.41, 5.74) is 6.73. The van der Waals surface area contributed by atoms with E-state index in [1.165, 1.54) is 0 Å². The first-order chi connectivity index (χ1) is 8.10. The fourth-order valence-corrected chi connectivity index (χ4v) is 1.52. The summed E-state index contributed by atoms with van der Waals surface area (Å²) in [6, 6.07) is 3.49. The first kappa shape index (κ1) is 13.6. The number of aliphatic hydroxyl groups is 1. The lowest BCUT2D eigenvalue weighted by molar-refractivity contribution is 0.0659. The largest absolute Gasteiger partial charge is 0.395 e. The van der Waals surface area contributed by atoms with E-state index in [-0.39, 0.29) is 18.6 Å². The van der Waals surface area contributed by atoms with Crippen molar-refractivity contribution in [2.75, 3.05) is 13.2 Å². The Hall–Kier alpha value is -1.46. The van der Waals surface area contributed by atoms with E-state index in [1.54, 1.807) is 23.2 Å². The highest BCUT2D eigenvalue weighted by molar-refractivity contribution is 5.92. The number of rotatable bonds is 5. The maximum Gasteiger partial charge on any atom is 0.272 e. The molecule has 1 aromatic heterocycles. The lowest BCUT2D eigenvalue weighted by Crippen LogP contribution is -2.39. The van der Waals surface area contributed by atoms with Crippen LogP contribution in [0.3, 0.4) is 0 Å². The van der Waals surface area contributed by atoms with Crippen molar-refractivity contribution in [3.63, 3.8) is 0 Å². The predicted molar refractivity (Wildman–Crippen MR) is 65.4 cm³/mol. The van der Waals surface area contributed by atoms with E-state index < -0.39 is 0 Å². The van der Waals surface area contributed by atoms with Crippen LogP contribution in [0.25, 0.3) is 0 Å². The molecule has 1 aromatic rings. The van der Waals surface area contributed by atoms with Crippen molar-refractivity contribution in [2.24, 2.45) is 5.73 Å². The van der Waals surface area contributed by atoms with Crippen LogP contribution in [0.2, 0.25) is 0 Å². The number of nitrogens with two attached hydrogens (primary N) is 1. The summed E-state index contributed by atoms with van der Waals surface area (Å²) in [4.78, 5) is 17.8. The molecule has 94 valence electrons. The Bertz CT molecular complexity index is 363. The Morgan fingerprint density at radius 3 is 2.65 bits per heavy atom. The number of nitrogens with zero attached hydrogens (tertiary/aromatic N) is 2. The van der Waals surface area contributed by atoms with Crippen LogP contribution < -0.4 is 5.73 Å². The Morgan fingerprint density at radius 1 is 1.53 bits per heavy atom. The van der Waals surface area contributed by atoms with Gasteiger partial charge in [0.2, 0.25) is 0 Å². The summed E-state index contributed by atoms with van der Waals surface area (Å²) in [7, 11) is 0. The summed E-state index contributed by atoms with van der Waals surface area (Å²) >= 11 is 0. The molecule has 0 spiro atoms. The summed E-state index contributed by atoms with van der Waals surface area (Å²) in [6.07, 6.45) is 1.60. The van der Waals surface area contributed by atoms with Gasteiger partial charge in [0, 0.05) is 25.3 Å². The van der Waals surface area contributed by atoms with Gasteiger partial charge in [0.15, 0.2) is 0 Å². The molecule has 17 heavy (non-hydrogen) atoms. The number of aliphatic hydroxyl groups excluding tert-OH is 1. The normalized spacial score (nSPS) is 10.6. The minimum atomic E-state index is -0.169. The molecular weight excluding hydrogens is 218 g/mol. The zero-order valence-corrected chi connectivity index (χ0v) is 10.3. The first-order valence-corrected chi connectivity index (χ1v) is 5.67. The van der Waals surface area contributed by atoms with Crippen molar-refractivity contribution in [1.29, 1.82) is 0 Å². The van der Waals surface area contributed by atoms with Crippen molar-refractivity contribution in [3.8, 4) is 0 Å². The number of aromatic nitrogens is 1. The molecule has 0 aliphatic heterocycles. The van der Waals surface area contributed by atoms with E-state index in [4.69, 9.17) is 10.8 Å². The molecule has 0 radical (unpaired) electrons. The second kappa shape index (κ2) is 6.32. The topological polar surface area (TPSA) is 79.5 Å². The van der Waals surface area contributed by atoms with E-state index >= 15 is 0 Å². The van der Waals surface area contributed by atoms with E-state index in [2.05, 4.69) is 4.98 Å². The molecule has 0 saturated heterocycles. The highest BCUT2D eigenvalue weighted by Crippen LogP contribution is 2.07. The highest BCUT2D eigenvalue weighted by Gasteiger charge is 2.18. The molecule has 1 heterocycles. The predicted octanol–water partition coefficient (Wildman–Crippen LogP) is 0.383. The lowest BCUT2D eigenvalue weighted by Gasteiger charge is -2.25. The van der Waals surface area contributed by atoms with E-state index in [0.29, 0.717) is 18.8 Å². The van der Waals surface area contributed by atoms with Crippen molar-refractivity contribution < 1.29 is 9.90 Å². The molecule has 0 bridgehead atoms. The van der Waals surface area contributed by atoms with Crippen molar-refractivity contribution in [2.45, 2.75) is 26.4 Å². The summed E-state index contributed by atoms with van der Waals surface area (Å²) in [6.45, 7) is 4.48. The third-order valence-electron chi connectivity index (χ3n) is 2.50. The molecule has 5 nitrogen and oxygen atoms in total. The van der Waals surface area contributed by atoms with Crippen molar-refractivity contribution in [1.82, 2.24) is 9.88 Å². The number of carbonyl (C=O) groups excluding carboxylic acids is 1. The van der Waals surface area contributed by atoms with Crippen LogP contribution in [0.4, 0.5) is 0 Å². The third-order valence-corrected chi connectivity index (χ3v) is 2.50. The Kier molecular flexibility index (Phi) is 5.06. The quantitative estimate of drug-likeness (QED) is 0.776. The lowest BCUT2D eigenvalue weighted by atomic mass is 10.2. The molecular formula is C12H19N3O2. The van der Waals surface area contributed by atoms with Gasteiger partial charge in [0.05, 0.1) is 6.61 Å². The van der Waals surface area contributed by atoms with Crippen LogP contribution in [0.15, 0.2) is 18.3 Å². The van der Waals surface area contributed by atoms with Gasteiger partial charge in [0.25, 0.3) is 5.91 Å². The van der Waals surface area contributed by atoms with Gasteiger partial charge in [-0.05, 0) is 25.5 Å². The molecule has 0 saturated carbocycles. The molecule has 3 N–H and O–H groups in total. The monoisotopic (exact) mass is 237 g/mol. The zero-order valence-electron chi connectivity index (χ0n) is 10.3. The van der Waals surface area contributed by atoms with E-state index in [9.17, 15) is 4.79 Å². The fourth-order valence-electron chi connectivity index (χ4n) is 1.52. The summed E-state index contributed by atoms with van der Waals surface area (Å²) < 4.78 is 0. The molecule has 0 aliphatic carbocycles. The zero-order chi connectivity index (χ0) is 12.8. The van der Waals surface area contributed by atoms with Gasteiger partial charge in [-0.2, -0.15) is 0 Å². The fraction of sp³-hybridized carbons (Fsp3) is 0.500. The molecule has 0 atom stereocenters. The van der Waals surface area contributed by atoms with Crippen molar-refractivity contribution >= 4 is 5.91 Å². The summed E-state index contributed by atoms with van der Waals surface area (Å²) in [5, 5.41) is 8.93. The Balaban J connectivity index is 2.85. The molecule has 1 rings (SSSR count). The molecule has 0 aromatic carbocycles. The summed E-state index contributed by atoms with van der Waals surface area (Å²) in [5.74, 6) is -0.169. The molecule has 5 heteroatoms. The average Bonchev–Trinajstić information content (AvgIpc) is 2.35. The van der Waals surface area contributed by atoms with E-state index in [0.717, 1.165) is 5.56 Å². The van der Waals surface area contributed by atoms with Crippen molar-refractivity contribution in [3.05, 3.63) is 29.6 Å². The van der Waals surface area contributed by atoms with Crippen LogP contribution in [-0.4, -0.2) is 40.1 Å². The third kappa shape index (κ3) is 3.51. The van der Waals surface area contributed by atoms with Gasteiger partial charge in [-0.25, -0.2) is 0 Å². The molecule has 0 fully saturated rings. The second-order valence-corrected chi connectivity index (χ2v) is 4.07.